The summed E-state index contributed by atoms with van der Waals surface area (Å²) in [4.78, 5) is 4.43. The molecule has 2 heteroatoms. The number of nitrogens with zero attached hydrogens (tertiary/aromatic N) is 1. The normalized spacial score (nSPS) is 20.2. The van der Waals surface area contributed by atoms with Gasteiger partial charge in [-0.25, -0.2) is 0 Å². The highest BCUT2D eigenvalue weighted by Gasteiger charge is 2.25. The Bertz CT molecular complexity index is 358. The van der Waals surface area contributed by atoms with Crippen LogP contribution < -0.4 is 0 Å². The van der Waals surface area contributed by atoms with E-state index in [9.17, 15) is 5.11 Å². The van der Waals surface area contributed by atoms with Crippen molar-refractivity contribution in [3.8, 4) is 0 Å². The van der Waals surface area contributed by atoms with Crippen LogP contribution in [0.15, 0.2) is 6.20 Å². The maximum Gasteiger partial charge on any atom is 0.0814 e. The molecule has 0 radical (unpaired) electrons. The number of hydrogen-bond acceptors (Lipinski definition) is 2. The molecule has 0 fully saturated rings. The van der Waals surface area contributed by atoms with Gasteiger partial charge in [-0.05, 0) is 36.8 Å². The van der Waals surface area contributed by atoms with Crippen LogP contribution in [0.2, 0.25) is 0 Å². The topological polar surface area (TPSA) is 33.1 Å². The summed E-state index contributed by atoms with van der Waals surface area (Å²) in [5, 5.41) is 9.83. The molecule has 1 aliphatic carbocycles. The van der Waals surface area contributed by atoms with Gasteiger partial charge < -0.3 is 5.11 Å². The maximum absolute atomic E-state index is 9.83. The molecule has 76 valence electrons. The van der Waals surface area contributed by atoms with Gasteiger partial charge in [0.05, 0.1) is 6.10 Å². The highest BCUT2D eigenvalue weighted by Crippen LogP contribution is 2.35. The van der Waals surface area contributed by atoms with E-state index in [1.54, 1.807) is 0 Å². The Morgan fingerprint density at radius 1 is 1.50 bits per heavy atom. The van der Waals surface area contributed by atoms with E-state index in [0.717, 1.165) is 24.1 Å². The van der Waals surface area contributed by atoms with E-state index in [1.165, 1.54) is 11.1 Å². The molecule has 1 atom stereocenters. The minimum Gasteiger partial charge on any atom is -0.388 e. The zero-order valence-electron chi connectivity index (χ0n) is 9.04. The predicted molar refractivity (Wildman–Crippen MR) is 56.3 cm³/mol. The maximum atomic E-state index is 9.83. The number of aliphatic hydroxyl groups excluding tert-OH is 1. The van der Waals surface area contributed by atoms with Crippen molar-refractivity contribution in [1.29, 1.82) is 0 Å². The van der Waals surface area contributed by atoms with E-state index in [-0.39, 0.29) is 6.10 Å². The number of hydrogen-bond donors (Lipinski definition) is 1. The molecule has 0 amide bonds. The van der Waals surface area contributed by atoms with Gasteiger partial charge in [-0.2, -0.15) is 0 Å². The molecule has 0 aromatic carbocycles. The van der Waals surface area contributed by atoms with Crippen molar-refractivity contribution in [3.05, 3.63) is 28.6 Å². The van der Waals surface area contributed by atoms with Gasteiger partial charge in [0.25, 0.3) is 0 Å². The Balaban J connectivity index is 2.56. The second-order valence-corrected chi connectivity index (χ2v) is 4.41. The first-order chi connectivity index (χ1) is 6.61. The summed E-state index contributed by atoms with van der Waals surface area (Å²) >= 11 is 0. The fourth-order valence-electron chi connectivity index (χ4n) is 2.33. The second kappa shape index (κ2) is 3.35. The standard InChI is InChI=1S/C12H17NO/c1-7(2)9-6-13-10-4-5-11(14)12(10)8(9)3/h6-7,11,14H,4-5H2,1-3H3. The lowest BCUT2D eigenvalue weighted by Gasteiger charge is -2.14. The largest absolute Gasteiger partial charge is 0.388 e. The number of aromatic nitrogens is 1. The Kier molecular flexibility index (Phi) is 2.31. The van der Waals surface area contributed by atoms with E-state index in [2.05, 4.69) is 25.8 Å². The summed E-state index contributed by atoms with van der Waals surface area (Å²) in [6.07, 6.45) is 3.45. The predicted octanol–water partition coefficient (Wildman–Crippen LogP) is 2.49. The SMILES string of the molecule is Cc1c(C(C)C)cnc2c1C(O)CC2. The first-order valence-corrected chi connectivity index (χ1v) is 5.27. The van der Waals surface area contributed by atoms with Crippen LogP contribution in [0.5, 0.6) is 0 Å². The quantitative estimate of drug-likeness (QED) is 0.739. The van der Waals surface area contributed by atoms with Gasteiger partial charge in [0, 0.05) is 17.5 Å². The lowest BCUT2D eigenvalue weighted by Crippen LogP contribution is -2.02. The molecule has 1 aromatic heterocycles. The molecule has 1 N–H and O–H groups in total. The average Bonchev–Trinajstić information content (AvgIpc) is 2.48. The number of aliphatic hydroxyl groups is 1. The van der Waals surface area contributed by atoms with Crippen LogP contribution in [0.25, 0.3) is 0 Å². The minimum atomic E-state index is -0.281. The van der Waals surface area contributed by atoms with Crippen molar-refractivity contribution in [2.75, 3.05) is 0 Å². The Labute approximate surface area is 85.0 Å². The molecule has 0 bridgehead atoms. The molecular weight excluding hydrogens is 174 g/mol. The third-order valence-corrected chi connectivity index (χ3v) is 3.12. The summed E-state index contributed by atoms with van der Waals surface area (Å²) in [6, 6.07) is 0. The first kappa shape index (κ1) is 9.66. The number of pyridine rings is 1. The summed E-state index contributed by atoms with van der Waals surface area (Å²) in [5.41, 5.74) is 4.70. The molecular formula is C12H17NO. The third kappa shape index (κ3) is 1.34. The fourth-order valence-corrected chi connectivity index (χ4v) is 2.33. The molecule has 1 heterocycles. The monoisotopic (exact) mass is 191 g/mol. The van der Waals surface area contributed by atoms with Gasteiger partial charge in [0.2, 0.25) is 0 Å². The number of rotatable bonds is 1. The van der Waals surface area contributed by atoms with E-state index in [1.807, 2.05) is 6.20 Å². The fraction of sp³-hybridized carbons (Fsp3) is 0.583. The van der Waals surface area contributed by atoms with E-state index in [0.29, 0.717) is 5.92 Å². The summed E-state index contributed by atoms with van der Waals surface area (Å²) in [5.74, 6) is 0.487. The lowest BCUT2D eigenvalue weighted by molar-refractivity contribution is 0.179. The molecule has 0 saturated carbocycles. The van der Waals surface area contributed by atoms with E-state index >= 15 is 0 Å². The molecule has 1 aromatic rings. The van der Waals surface area contributed by atoms with Gasteiger partial charge in [-0.1, -0.05) is 13.8 Å². The van der Waals surface area contributed by atoms with Gasteiger partial charge >= 0.3 is 0 Å². The third-order valence-electron chi connectivity index (χ3n) is 3.12. The van der Waals surface area contributed by atoms with Crippen molar-refractivity contribution in [2.24, 2.45) is 0 Å². The van der Waals surface area contributed by atoms with Crippen LogP contribution >= 0.6 is 0 Å². The molecule has 0 saturated heterocycles. The van der Waals surface area contributed by atoms with Crippen molar-refractivity contribution in [2.45, 2.75) is 45.6 Å². The molecule has 2 nitrogen and oxygen atoms in total. The van der Waals surface area contributed by atoms with E-state index < -0.39 is 0 Å². The van der Waals surface area contributed by atoms with Crippen LogP contribution in [0.3, 0.4) is 0 Å². The van der Waals surface area contributed by atoms with Gasteiger partial charge in [-0.3, -0.25) is 4.98 Å². The summed E-state index contributed by atoms with van der Waals surface area (Å²) < 4.78 is 0. The Morgan fingerprint density at radius 2 is 2.21 bits per heavy atom. The van der Waals surface area contributed by atoms with Gasteiger partial charge in [0.15, 0.2) is 0 Å². The van der Waals surface area contributed by atoms with Gasteiger partial charge in [-0.15, -0.1) is 0 Å². The highest BCUT2D eigenvalue weighted by molar-refractivity contribution is 5.41. The second-order valence-electron chi connectivity index (χ2n) is 4.41. The van der Waals surface area contributed by atoms with Crippen LogP contribution in [0.4, 0.5) is 0 Å². The zero-order valence-corrected chi connectivity index (χ0v) is 9.04. The van der Waals surface area contributed by atoms with Crippen LogP contribution in [0.1, 0.15) is 54.7 Å². The lowest BCUT2D eigenvalue weighted by atomic mass is 9.95. The number of aryl methyl sites for hydroxylation is 1. The Hall–Kier alpha value is -0.890. The highest BCUT2D eigenvalue weighted by atomic mass is 16.3. The molecule has 0 aliphatic heterocycles. The van der Waals surface area contributed by atoms with Crippen LogP contribution in [-0.4, -0.2) is 10.1 Å². The minimum absolute atomic E-state index is 0.281. The molecule has 2 rings (SSSR count). The summed E-state index contributed by atoms with van der Waals surface area (Å²) in [6.45, 7) is 6.43. The molecule has 1 unspecified atom stereocenters. The zero-order chi connectivity index (χ0) is 10.3. The van der Waals surface area contributed by atoms with Crippen molar-refractivity contribution >= 4 is 0 Å². The van der Waals surface area contributed by atoms with Crippen LogP contribution in [0, 0.1) is 6.92 Å². The molecule has 0 spiro atoms. The first-order valence-electron chi connectivity index (χ1n) is 5.27. The van der Waals surface area contributed by atoms with Crippen LogP contribution in [-0.2, 0) is 6.42 Å². The van der Waals surface area contributed by atoms with Crippen molar-refractivity contribution in [3.63, 3.8) is 0 Å². The molecule has 14 heavy (non-hydrogen) atoms. The smallest absolute Gasteiger partial charge is 0.0814 e. The summed E-state index contributed by atoms with van der Waals surface area (Å²) in [7, 11) is 0. The average molecular weight is 191 g/mol. The van der Waals surface area contributed by atoms with Crippen molar-refractivity contribution < 1.29 is 5.11 Å². The molecule has 1 aliphatic rings. The van der Waals surface area contributed by atoms with Gasteiger partial charge in [0.1, 0.15) is 0 Å². The van der Waals surface area contributed by atoms with Crippen molar-refractivity contribution in [1.82, 2.24) is 4.98 Å². The van der Waals surface area contributed by atoms with E-state index in [4.69, 9.17) is 0 Å². The Morgan fingerprint density at radius 3 is 2.86 bits per heavy atom. The number of fused-ring (bicyclic) bond motifs is 1.